The average molecular weight is 302 g/mol. The number of ether oxygens (including phenoxy) is 1. The quantitative estimate of drug-likeness (QED) is 0.799. The van der Waals surface area contributed by atoms with Crippen LogP contribution in [0, 0.1) is 0 Å². The zero-order valence-electron chi connectivity index (χ0n) is 10.5. The molecule has 2 heterocycles. The fourth-order valence-corrected chi connectivity index (χ4v) is 2.02. The van der Waals surface area contributed by atoms with Gasteiger partial charge in [-0.05, 0) is 30.3 Å². The first-order valence-corrected chi connectivity index (χ1v) is 6.30. The molecule has 0 fully saturated rings. The van der Waals surface area contributed by atoms with Gasteiger partial charge in [-0.25, -0.2) is 9.78 Å². The maximum atomic E-state index is 10.9. The maximum absolute atomic E-state index is 10.9. The lowest BCUT2D eigenvalue weighted by atomic mass is 10.2. The number of carbonyl (C=O) groups is 1. The zero-order valence-corrected chi connectivity index (χ0v) is 11.3. The van der Waals surface area contributed by atoms with Crippen molar-refractivity contribution in [3.8, 4) is 11.8 Å². The smallest absolute Gasteiger partial charge is 0.354 e. The largest absolute Gasteiger partial charge is 0.477 e. The predicted molar refractivity (Wildman–Crippen MR) is 75.8 cm³/mol. The number of rotatable bonds is 3. The number of fused-ring (bicyclic) bond motifs is 1. The molecule has 3 rings (SSSR count). The Balaban J connectivity index is 2.04. The van der Waals surface area contributed by atoms with Crippen molar-refractivity contribution in [1.29, 1.82) is 0 Å². The van der Waals surface area contributed by atoms with Crippen LogP contribution < -0.4 is 4.74 Å². The van der Waals surface area contributed by atoms with Gasteiger partial charge in [-0.2, -0.15) is 4.98 Å². The molecule has 1 aromatic carbocycles. The second kappa shape index (κ2) is 5.34. The first kappa shape index (κ1) is 13.3. The number of benzene rings is 1. The van der Waals surface area contributed by atoms with Crippen LogP contribution in [0.1, 0.15) is 10.5 Å². The number of carboxylic acids is 1. The van der Waals surface area contributed by atoms with Crippen molar-refractivity contribution in [1.82, 2.24) is 15.0 Å². The Hall–Kier alpha value is -2.73. The normalized spacial score (nSPS) is 10.5. The molecular formula is C14H8ClN3O3. The van der Waals surface area contributed by atoms with Gasteiger partial charge in [-0.15, -0.1) is 0 Å². The van der Waals surface area contributed by atoms with E-state index in [1.807, 2.05) is 6.07 Å². The molecular weight excluding hydrogens is 294 g/mol. The zero-order chi connectivity index (χ0) is 14.8. The molecule has 0 unspecified atom stereocenters. The van der Waals surface area contributed by atoms with E-state index in [2.05, 4.69) is 15.0 Å². The topological polar surface area (TPSA) is 85.2 Å². The van der Waals surface area contributed by atoms with E-state index >= 15 is 0 Å². The van der Waals surface area contributed by atoms with Gasteiger partial charge >= 0.3 is 12.0 Å². The van der Waals surface area contributed by atoms with E-state index in [0.29, 0.717) is 16.3 Å². The summed E-state index contributed by atoms with van der Waals surface area (Å²) in [7, 11) is 0. The van der Waals surface area contributed by atoms with Crippen LogP contribution in [0.4, 0.5) is 0 Å². The van der Waals surface area contributed by atoms with Crippen molar-refractivity contribution in [2.24, 2.45) is 0 Å². The van der Waals surface area contributed by atoms with Crippen molar-refractivity contribution in [3.63, 3.8) is 0 Å². The average Bonchev–Trinajstić information content (AvgIpc) is 2.51. The lowest BCUT2D eigenvalue weighted by molar-refractivity contribution is 0.0689. The lowest BCUT2D eigenvalue weighted by Crippen LogP contribution is -2.02. The Morgan fingerprint density at radius 1 is 1.14 bits per heavy atom. The third kappa shape index (κ3) is 2.61. The maximum Gasteiger partial charge on any atom is 0.354 e. The van der Waals surface area contributed by atoms with E-state index in [-0.39, 0.29) is 11.7 Å². The molecule has 0 saturated heterocycles. The number of hydrogen-bond acceptors (Lipinski definition) is 5. The lowest BCUT2D eigenvalue weighted by Gasteiger charge is -2.07. The van der Waals surface area contributed by atoms with Crippen LogP contribution in [-0.2, 0) is 0 Å². The first-order chi connectivity index (χ1) is 10.1. The highest BCUT2D eigenvalue weighted by molar-refractivity contribution is 6.35. The van der Waals surface area contributed by atoms with E-state index in [9.17, 15) is 4.79 Å². The molecule has 3 aromatic rings. The summed E-state index contributed by atoms with van der Waals surface area (Å²) in [6.45, 7) is 0. The molecule has 104 valence electrons. The molecule has 0 spiro atoms. The molecule has 0 bridgehead atoms. The molecule has 21 heavy (non-hydrogen) atoms. The molecule has 7 heteroatoms. The van der Waals surface area contributed by atoms with Gasteiger partial charge in [0.05, 0.1) is 5.02 Å². The van der Waals surface area contributed by atoms with Crippen molar-refractivity contribution < 1.29 is 14.6 Å². The van der Waals surface area contributed by atoms with Crippen LogP contribution in [0.5, 0.6) is 11.8 Å². The van der Waals surface area contributed by atoms with Crippen LogP contribution >= 0.6 is 11.6 Å². The van der Waals surface area contributed by atoms with Gasteiger partial charge in [0.1, 0.15) is 5.52 Å². The van der Waals surface area contributed by atoms with Gasteiger partial charge in [0.15, 0.2) is 11.4 Å². The fourth-order valence-electron chi connectivity index (χ4n) is 1.80. The number of carboxylic acid groups (broad SMARTS) is 1. The second-order valence-corrected chi connectivity index (χ2v) is 4.48. The first-order valence-electron chi connectivity index (χ1n) is 5.92. The molecule has 0 radical (unpaired) electrons. The molecule has 2 aromatic heterocycles. The van der Waals surface area contributed by atoms with Crippen LogP contribution in [0.25, 0.3) is 10.9 Å². The summed E-state index contributed by atoms with van der Waals surface area (Å²) >= 11 is 6.09. The standard InChI is InChI=1S/C14H8ClN3O3/c15-9-3-4-11(12-8(9)2-1-6-16-12)21-14-17-7-5-10(18-14)13(19)20/h1-7H,(H,19,20). The Morgan fingerprint density at radius 2 is 2.00 bits per heavy atom. The highest BCUT2D eigenvalue weighted by Gasteiger charge is 2.11. The highest BCUT2D eigenvalue weighted by Crippen LogP contribution is 2.31. The Kier molecular flexibility index (Phi) is 3.37. The van der Waals surface area contributed by atoms with Gasteiger partial charge < -0.3 is 9.84 Å². The van der Waals surface area contributed by atoms with Gasteiger partial charge in [0, 0.05) is 17.8 Å². The van der Waals surface area contributed by atoms with E-state index in [0.717, 1.165) is 5.39 Å². The molecule has 0 aliphatic rings. The minimum absolute atomic E-state index is 0.0656. The highest BCUT2D eigenvalue weighted by atomic mass is 35.5. The minimum Gasteiger partial charge on any atom is -0.477 e. The summed E-state index contributed by atoms with van der Waals surface area (Å²) in [6, 6.07) is 8.10. The summed E-state index contributed by atoms with van der Waals surface area (Å²) in [5.74, 6) is -0.751. The van der Waals surface area contributed by atoms with E-state index < -0.39 is 5.97 Å². The number of nitrogens with zero attached hydrogens (tertiary/aromatic N) is 3. The van der Waals surface area contributed by atoms with Crippen LogP contribution in [0.3, 0.4) is 0 Å². The fraction of sp³-hybridized carbons (Fsp3) is 0. The summed E-state index contributed by atoms with van der Waals surface area (Å²) < 4.78 is 5.53. The van der Waals surface area contributed by atoms with E-state index in [1.165, 1.54) is 12.3 Å². The minimum atomic E-state index is -1.15. The number of hydrogen-bond donors (Lipinski definition) is 1. The Morgan fingerprint density at radius 3 is 2.81 bits per heavy atom. The molecule has 0 amide bonds. The van der Waals surface area contributed by atoms with Crippen LogP contribution in [0.15, 0.2) is 42.7 Å². The molecule has 1 N–H and O–H groups in total. The van der Waals surface area contributed by atoms with Crippen molar-refractivity contribution >= 4 is 28.5 Å². The Labute approximate surface area is 124 Å². The number of halogens is 1. The van der Waals surface area contributed by atoms with Crippen molar-refractivity contribution in [2.45, 2.75) is 0 Å². The van der Waals surface area contributed by atoms with Gasteiger partial charge in [-0.1, -0.05) is 11.6 Å². The molecule has 6 nitrogen and oxygen atoms in total. The number of aromatic carboxylic acids is 1. The molecule has 0 aliphatic heterocycles. The molecule has 0 aliphatic carbocycles. The summed E-state index contributed by atoms with van der Waals surface area (Å²) in [6.07, 6.45) is 2.93. The third-order valence-corrected chi connectivity index (χ3v) is 3.06. The summed E-state index contributed by atoms with van der Waals surface area (Å²) in [5, 5.41) is 10.2. The van der Waals surface area contributed by atoms with Gasteiger partial charge in [-0.3, -0.25) is 4.98 Å². The summed E-state index contributed by atoms with van der Waals surface area (Å²) in [4.78, 5) is 22.8. The van der Waals surface area contributed by atoms with E-state index in [1.54, 1.807) is 24.4 Å². The van der Waals surface area contributed by atoms with Crippen LogP contribution in [0.2, 0.25) is 5.02 Å². The van der Waals surface area contributed by atoms with Crippen molar-refractivity contribution in [3.05, 3.63) is 53.4 Å². The van der Waals surface area contributed by atoms with Gasteiger partial charge in [0.2, 0.25) is 0 Å². The SMILES string of the molecule is O=C(O)c1ccnc(Oc2ccc(Cl)c3cccnc23)n1. The van der Waals surface area contributed by atoms with Gasteiger partial charge in [0.25, 0.3) is 0 Å². The van der Waals surface area contributed by atoms with Crippen molar-refractivity contribution in [2.75, 3.05) is 0 Å². The number of pyridine rings is 1. The Bertz CT molecular complexity index is 839. The van der Waals surface area contributed by atoms with E-state index in [4.69, 9.17) is 21.4 Å². The number of aromatic nitrogens is 3. The molecule has 0 atom stereocenters. The monoisotopic (exact) mass is 301 g/mol. The third-order valence-electron chi connectivity index (χ3n) is 2.73. The predicted octanol–water partition coefficient (Wildman–Crippen LogP) is 3.17. The second-order valence-electron chi connectivity index (χ2n) is 4.08. The molecule has 0 saturated carbocycles. The van der Waals surface area contributed by atoms with Crippen LogP contribution in [-0.4, -0.2) is 26.0 Å². The summed E-state index contributed by atoms with van der Waals surface area (Å²) in [5.41, 5.74) is 0.403.